The summed E-state index contributed by atoms with van der Waals surface area (Å²) in [5.74, 6) is -2.39. The van der Waals surface area contributed by atoms with Gasteiger partial charge in [0.2, 0.25) is 0 Å². The number of rotatable bonds is 3. The molecule has 2 aromatic rings. The van der Waals surface area contributed by atoms with Gasteiger partial charge in [-0.25, -0.2) is 8.78 Å². The van der Waals surface area contributed by atoms with E-state index in [1.54, 1.807) is 11.3 Å². The van der Waals surface area contributed by atoms with Crippen molar-refractivity contribution in [3.63, 3.8) is 0 Å². The van der Waals surface area contributed by atoms with Gasteiger partial charge in [0.05, 0.1) is 5.54 Å². The molecule has 1 amide bonds. The number of halogens is 2. The first-order valence-corrected chi connectivity index (χ1v) is 7.88. The molecule has 116 valence electrons. The lowest BCUT2D eigenvalue weighted by Crippen LogP contribution is -2.49. The van der Waals surface area contributed by atoms with E-state index in [-0.39, 0.29) is 5.56 Å². The molecule has 22 heavy (non-hydrogen) atoms. The van der Waals surface area contributed by atoms with Crippen LogP contribution in [0.4, 0.5) is 8.78 Å². The quantitative estimate of drug-likeness (QED) is 0.939. The van der Waals surface area contributed by atoms with Gasteiger partial charge in [-0.05, 0) is 42.5 Å². The van der Waals surface area contributed by atoms with Gasteiger partial charge in [0, 0.05) is 23.7 Å². The lowest BCUT2D eigenvalue weighted by molar-refractivity contribution is 0.0358. The summed E-state index contributed by atoms with van der Waals surface area (Å²) in [5, 5.41) is 4.95. The van der Waals surface area contributed by atoms with Crippen molar-refractivity contribution in [2.45, 2.75) is 18.4 Å². The van der Waals surface area contributed by atoms with Crippen molar-refractivity contribution in [1.82, 2.24) is 5.32 Å². The summed E-state index contributed by atoms with van der Waals surface area (Å²) in [6.45, 7) is 1.10. The van der Waals surface area contributed by atoms with Gasteiger partial charge in [-0.2, -0.15) is 0 Å². The van der Waals surface area contributed by atoms with E-state index in [2.05, 4.69) is 5.32 Å². The molecule has 0 aliphatic carbocycles. The number of amides is 1. The molecule has 3 nitrogen and oxygen atoms in total. The zero-order valence-electron chi connectivity index (χ0n) is 11.8. The highest BCUT2D eigenvalue weighted by atomic mass is 32.1. The minimum Gasteiger partial charge on any atom is -0.381 e. The third-order valence-electron chi connectivity index (χ3n) is 3.87. The Balaban J connectivity index is 1.87. The Labute approximate surface area is 130 Å². The van der Waals surface area contributed by atoms with Crippen molar-refractivity contribution in [2.75, 3.05) is 13.2 Å². The van der Waals surface area contributed by atoms with Crippen LogP contribution in [-0.4, -0.2) is 19.1 Å². The molecule has 1 aromatic heterocycles. The maximum absolute atomic E-state index is 13.3. The van der Waals surface area contributed by atoms with Crippen LogP contribution in [0.2, 0.25) is 0 Å². The number of thiophene rings is 1. The Morgan fingerprint density at radius 2 is 1.95 bits per heavy atom. The van der Waals surface area contributed by atoms with Gasteiger partial charge < -0.3 is 10.1 Å². The van der Waals surface area contributed by atoms with E-state index in [0.717, 1.165) is 17.0 Å². The largest absolute Gasteiger partial charge is 0.381 e. The van der Waals surface area contributed by atoms with Crippen LogP contribution in [0.25, 0.3) is 0 Å². The predicted molar refractivity (Wildman–Crippen MR) is 79.9 cm³/mol. The second kappa shape index (κ2) is 6.14. The van der Waals surface area contributed by atoms with Crippen LogP contribution in [0.15, 0.2) is 35.7 Å². The lowest BCUT2D eigenvalue weighted by Gasteiger charge is -2.37. The van der Waals surface area contributed by atoms with Crippen LogP contribution >= 0.6 is 11.3 Å². The molecular formula is C16H15F2NO2S. The fraction of sp³-hybridized carbons (Fsp3) is 0.312. The molecule has 1 aromatic carbocycles. The van der Waals surface area contributed by atoms with Crippen molar-refractivity contribution < 1.29 is 18.3 Å². The highest BCUT2D eigenvalue weighted by molar-refractivity contribution is 7.10. The van der Waals surface area contributed by atoms with E-state index >= 15 is 0 Å². The van der Waals surface area contributed by atoms with E-state index in [4.69, 9.17) is 4.74 Å². The number of nitrogens with one attached hydrogen (secondary N) is 1. The van der Waals surface area contributed by atoms with Crippen molar-refractivity contribution in [3.8, 4) is 0 Å². The zero-order valence-corrected chi connectivity index (χ0v) is 12.6. The van der Waals surface area contributed by atoms with Gasteiger partial charge in [-0.1, -0.05) is 6.07 Å². The van der Waals surface area contributed by atoms with Gasteiger partial charge >= 0.3 is 0 Å². The SMILES string of the molecule is O=C(NC1(c2cccs2)CCOCC1)c1ccc(F)c(F)c1. The molecular weight excluding hydrogens is 308 g/mol. The summed E-state index contributed by atoms with van der Waals surface area (Å²) in [4.78, 5) is 13.5. The Morgan fingerprint density at radius 1 is 1.18 bits per heavy atom. The van der Waals surface area contributed by atoms with Crippen molar-refractivity contribution in [3.05, 3.63) is 57.8 Å². The third-order valence-corrected chi connectivity index (χ3v) is 4.95. The van der Waals surface area contributed by atoms with E-state index < -0.39 is 23.1 Å². The topological polar surface area (TPSA) is 38.3 Å². The smallest absolute Gasteiger partial charge is 0.252 e. The van der Waals surface area contributed by atoms with Gasteiger partial charge in [0.1, 0.15) is 0 Å². The summed E-state index contributed by atoms with van der Waals surface area (Å²) >= 11 is 1.57. The van der Waals surface area contributed by atoms with Gasteiger partial charge in [0.15, 0.2) is 11.6 Å². The lowest BCUT2D eigenvalue weighted by atomic mass is 9.88. The maximum atomic E-state index is 13.3. The second-order valence-electron chi connectivity index (χ2n) is 5.25. The fourth-order valence-electron chi connectivity index (χ4n) is 2.63. The molecule has 1 fully saturated rings. The summed E-state index contributed by atoms with van der Waals surface area (Å²) in [6, 6.07) is 7.08. The Morgan fingerprint density at radius 3 is 2.59 bits per heavy atom. The van der Waals surface area contributed by atoms with Crippen LogP contribution < -0.4 is 5.32 Å². The molecule has 1 aliphatic rings. The molecule has 0 spiro atoms. The Kier molecular flexibility index (Phi) is 4.22. The molecule has 0 radical (unpaired) electrons. The standard InChI is InChI=1S/C16H15F2NO2S/c17-12-4-3-11(10-13(12)18)15(20)19-16(5-7-21-8-6-16)14-2-1-9-22-14/h1-4,9-10H,5-8H2,(H,19,20). The summed E-state index contributed by atoms with van der Waals surface area (Å²) in [5.41, 5.74) is -0.393. The molecule has 0 bridgehead atoms. The number of hydrogen-bond donors (Lipinski definition) is 1. The molecule has 6 heteroatoms. The number of hydrogen-bond acceptors (Lipinski definition) is 3. The van der Waals surface area contributed by atoms with Crippen LogP contribution in [0.1, 0.15) is 28.1 Å². The minimum absolute atomic E-state index is 0.112. The normalized spacial score (nSPS) is 17.2. The Bertz CT molecular complexity index is 667. The van der Waals surface area contributed by atoms with Gasteiger partial charge in [-0.15, -0.1) is 11.3 Å². The van der Waals surface area contributed by atoms with Gasteiger partial charge in [0.25, 0.3) is 5.91 Å². The molecule has 0 unspecified atom stereocenters. The molecule has 1 aliphatic heterocycles. The van der Waals surface area contributed by atoms with E-state index in [1.165, 1.54) is 6.07 Å². The molecule has 1 saturated heterocycles. The van der Waals surface area contributed by atoms with E-state index in [1.807, 2.05) is 17.5 Å². The summed E-state index contributed by atoms with van der Waals surface area (Å²) < 4.78 is 31.7. The van der Waals surface area contributed by atoms with Crippen LogP contribution in [0.3, 0.4) is 0 Å². The van der Waals surface area contributed by atoms with Crippen LogP contribution in [-0.2, 0) is 10.3 Å². The summed E-state index contributed by atoms with van der Waals surface area (Å²) in [6.07, 6.45) is 1.31. The average Bonchev–Trinajstić information content (AvgIpc) is 3.06. The maximum Gasteiger partial charge on any atom is 0.252 e. The molecule has 0 atom stereocenters. The van der Waals surface area contributed by atoms with Crippen LogP contribution in [0.5, 0.6) is 0 Å². The number of ether oxygens (including phenoxy) is 1. The zero-order chi connectivity index (χ0) is 15.6. The number of benzene rings is 1. The van der Waals surface area contributed by atoms with Crippen molar-refractivity contribution in [2.24, 2.45) is 0 Å². The second-order valence-corrected chi connectivity index (χ2v) is 6.20. The number of carbonyl (C=O) groups excluding carboxylic acids is 1. The molecule has 2 heterocycles. The summed E-state index contributed by atoms with van der Waals surface area (Å²) in [7, 11) is 0. The highest BCUT2D eigenvalue weighted by Crippen LogP contribution is 2.35. The minimum atomic E-state index is -1.02. The van der Waals surface area contributed by atoms with Gasteiger partial charge in [-0.3, -0.25) is 4.79 Å². The fourth-order valence-corrected chi connectivity index (χ4v) is 3.57. The van der Waals surface area contributed by atoms with E-state index in [9.17, 15) is 13.6 Å². The Hall–Kier alpha value is -1.79. The first-order valence-electron chi connectivity index (χ1n) is 7.00. The van der Waals surface area contributed by atoms with Crippen molar-refractivity contribution >= 4 is 17.2 Å². The molecule has 1 N–H and O–H groups in total. The average molecular weight is 323 g/mol. The molecule has 0 saturated carbocycles. The van der Waals surface area contributed by atoms with Crippen molar-refractivity contribution in [1.29, 1.82) is 0 Å². The predicted octanol–water partition coefficient (Wildman–Crippen LogP) is 3.46. The monoisotopic (exact) mass is 323 g/mol. The molecule has 3 rings (SSSR count). The van der Waals surface area contributed by atoms with E-state index in [0.29, 0.717) is 26.1 Å². The number of carbonyl (C=O) groups is 1. The third kappa shape index (κ3) is 2.89. The van der Waals surface area contributed by atoms with Crippen LogP contribution in [0, 0.1) is 11.6 Å². The highest BCUT2D eigenvalue weighted by Gasteiger charge is 2.37. The first kappa shape index (κ1) is 15.1. The first-order chi connectivity index (χ1) is 10.6.